The van der Waals surface area contributed by atoms with Gasteiger partial charge in [0, 0.05) is 18.5 Å². The van der Waals surface area contributed by atoms with Crippen molar-refractivity contribution in [3.05, 3.63) is 11.1 Å². The Kier molecular flexibility index (Phi) is 7.07. The maximum Gasteiger partial charge on any atom is 0.362 e. The lowest BCUT2D eigenvalue weighted by Crippen LogP contribution is -2.73. The SMILES string of the molecule is CO/N=C(\C(=O)N[C@@H]1C(=O)N(S(=O)(=O)O)[C@H]1CC(=O)NCCN)c1csc(N)n1. The third-order valence-electron chi connectivity index (χ3n) is 3.73. The van der Waals surface area contributed by atoms with E-state index in [0.717, 1.165) is 11.3 Å². The van der Waals surface area contributed by atoms with Gasteiger partial charge in [0.25, 0.3) is 11.8 Å². The quantitative estimate of drug-likeness (QED) is 0.111. The molecular weight excluding hydrogens is 430 g/mol. The summed E-state index contributed by atoms with van der Waals surface area (Å²) in [5.41, 5.74) is 10.6. The van der Waals surface area contributed by atoms with Gasteiger partial charge in [0.05, 0.1) is 12.5 Å². The summed E-state index contributed by atoms with van der Waals surface area (Å²) in [5, 5.41) is 9.81. The smallest absolute Gasteiger partial charge is 0.362 e. The van der Waals surface area contributed by atoms with Crippen LogP contribution in [0.4, 0.5) is 5.13 Å². The number of nitrogens with zero attached hydrogens (tertiary/aromatic N) is 3. The number of oxime groups is 1. The molecule has 1 aromatic rings. The number of amides is 3. The molecule has 0 aromatic carbocycles. The minimum atomic E-state index is -4.93. The predicted molar refractivity (Wildman–Crippen MR) is 101 cm³/mol. The molecule has 3 amide bonds. The summed E-state index contributed by atoms with van der Waals surface area (Å²) < 4.78 is 32.3. The van der Waals surface area contributed by atoms with Crippen LogP contribution in [0.3, 0.4) is 0 Å². The number of hydrogen-bond donors (Lipinski definition) is 5. The standard InChI is InChI=1S/C13H19N7O7S2/c1-27-19-9(6-5-28-13(15)17-6)11(22)18-10-7(4-8(21)16-3-2-14)20(12(10)23)29(24,25)26/h5,7,10H,2-4,14H2,1H3,(H2,15,17)(H,16,21)(H,18,22)(H,24,25,26)/b19-9-/t7-,10-/m0/s1. The van der Waals surface area contributed by atoms with E-state index in [0.29, 0.717) is 0 Å². The summed E-state index contributed by atoms with van der Waals surface area (Å²) in [6.45, 7) is 0.267. The van der Waals surface area contributed by atoms with Gasteiger partial charge in [0.15, 0.2) is 10.8 Å². The number of thiazole rings is 1. The van der Waals surface area contributed by atoms with E-state index in [1.165, 1.54) is 12.5 Å². The lowest BCUT2D eigenvalue weighted by Gasteiger charge is -2.43. The molecule has 160 valence electrons. The molecule has 2 heterocycles. The van der Waals surface area contributed by atoms with Gasteiger partial charge < -0.3 is 26.9 Å². The van der Waals surface area contributed by atoms with Crippen LogP contribution in [-0.4, -0.2) is 78.0 Å². The Labute approximate surface area is 169 Å². The minimum absolute atomic E-state index is 0.0718. The molecule has 2 rings (SSSR count). The van der Waals surface area contributed by atoms with Crippen molar-refractivity contribution in [1.29, 1.82) is 0 Å². The van der Waals surface area contributed by atoms with Crippen molar-refractivity contribution in [3.63, 3.8) is 0 Å². The predicted octanol–water partition coefficient (Wildman–Crippen LogP) is -2.96. The van der Waals surface area contributed by atoms with Gasteiger partial charge in [0.2, 0.25) is 5.91 Å². The highest BCUT2D eigenvalue weighted by Gasteiger charge is 2.54. The molecule has 0 bridgehead atoms. The molecular formula is C13H19N7O7S2. The molecule has 0 aliphatic carbocycles. The lowest BCUT2D eigenvalue weighted by molar-refractivity contribution is -0.146. The fourth-order valence-electron chi connectivity index (χ4n) is 2.54. The first-order chi connectivity index (χ1) is 13.6. The summed E-state index contributed by atoms with van der Waals surface area (Å²) in [4.78, 5) is 45.2. The van der Waals surface area contributed by atoms with Crippen LogP contribution in [-0.2, 0) is 29.5 Å². The van der Waals surface area contributed by atoms with Gasteiger partial charge in [0.1, 0.15) is 18.8 Å². The Morgan fingerprint density at radius 2 is 2.17 bits per heavy atom. The number of nitrogen functional groups attached to an aromatic ring is 1. The molecule has 1 aromatic heterocycles. The van der Waals surface area contributed by atoms with Gasteiger partial charge in [-0.2, -0.15) is 8.42 Å². The van der Waals surface area contributed by atoms with Gasteiger partial charge in [-0.15, -0.1) is 11.3 Å². The first-order valence-corrected chi connectivity index (χ1v) is 10.3. The third-order valence-corrected chi connectivity index (χ3v) is 5.35. The topological polar surface area (TPSA) is 219 Å². The average Bonchev–Trinajstić information content (AvgIpc) is 3.06. The van der Waals surface area contributed by atoms with E-state index in [9.17, 15) is 27.4 Å². The van der Waals surface area contributed by atoms with Gasteiger partial charge in [-0.25, -0.2) is 9.29 Å². The highest BCUT2D eigenvalue weighted by Crippen LogP contribution is 2.26. The second-order valence-electron chi connectivity index (χ2n) is 5.67. The van der Waals surface area contributed by atoms with Crippen LogP contribution in [0.5, 0.6) is 0 Å². The number of nitrogens with two attached hydrogens (primary N) is 2. The molecule has 29 heavy (non-hydrogen) atoms. The van der Waals surface area contributed by atoms with Crippen LogP contribution < -0.4 is 22.1 Å². The largest absolute Gasteiger partial charge is 0.398 e. The molecule has 0 unspecified atom stereocenters. The summed E-state index contributed by atoms with van der Waals surface area (Å²) in [6.07, 6.45) is -0.503. The number of rotatable bonds is 9. The Bertz CT molecular complexity index is 930. The number of β-lactam (4-membered cyclic amide) rings is 1. The number of hydrogen-bond acceptors (Lipinski definition) is 11. The Morgan fingerprint density at radius 3 is 2.69 bits per heavy atom. The van der Waals surface area contributed by atoms with Crippen molar-refractivity contribution in [2.24, 2.45) is 10.9 Å². The van der Waals surface area contributed by atoms with Gasteiger partial charge >= 0.3 is 10.3 Å². The number of aromatic nitrogens is 1. The molecule has 2 atom stereocenters. The van der Waals surface area contributed by atoms with Crippen molar-refractivity contribution in [2.75, 3.05) is 25.9 Å². The van der Waals surface area contributed by atoms with E-state index in [2.05, 4.69) is 25.6 Å². The third kappa shape index (κ3) is 5.17. The summed E-state index contributed by atoms with van der Waals surface area (Å²) >= 11 is 1.04. The van der Waals surface area contributed by atoms with E-state index in [-0.39, 0.29) is 33.9 Å². The van der Waals surface area contributed by atoms with Crippen molar-refractivity contribution >= 4 is 50.2 Å². The molecule has 1 aliphatic rings. The first-order valence-electron chi connectivity index (χ1n) is 8.01. The molecule has 14 nitrogen and oxygen atoms in total. The van der Waals surface area contributed by atoms with Crippen molar-refractivity contribution in [2.45, 2.75) is 18.5 Å². The Hall–Kier alpha value is -2.82. The van der Waals surface area contributed by atoms with Crippen molar-refractivity contribution in [1.82, 2.24) is 19.9 Å². The second kappa shape index (κ2) is 9.12. The first kappa shape index (κ1) is 22.5. The summed E-state index contributed by atoms with van der Waals surface area (Å²) in [6, 6.07) is -2.75. The monoisotopic (exact) mass is 449 g/mol. The van der Waals surface area contributed by atoms with E-state index < -0.39 is 46.5 Å². The normalized spacial score (nSPS) is 19.5. The van der Waals surface area contributed by atoms with E-state index >= 15 is 0 Å². The molecule has 1 saturated heterocycles. The van der Waals surface area contributed by atoms with Crippen LogP contribution in [0.2, 0.25) is 0 Å². The summed E-state index contributed by atoms with van der Waals surface area (Å²) in [5.74, 6) is -2.66. The maximum absolute atomic E-state index is 12.6. The molecule has 0 spiro atoms. The molecule has 1 aliphatic heterocycles. The lowest BCUT2D eigenvalue weighted by atomic mass is 9.94. The molecule has 0 saturated carbocycles. The van der Waals surface area contributed by atoms with Crippen LogP contribution in [0.15, 0.2) is 10.5 Å². The average molecular weight is 449 g/mol. The number of nitrogens with one attached hydrogen (secondary N) is 2. The zero-order valence-electron chi connectivity index (χ0n) is 15.1. The molecule has 0 radical (unpaired) electrons. The molecule has 16 heteroatoms. The van der Waals surface area contributed by atoms with Gasteiger partial charge in [-0.05, 0) is 0 Å². The molecule has 7 N–H and O–H groups in total. The van der Waals surface area contributed by atoms with E-state index in [1.54, 1.807) is 0 Å². The fraction of sp³-hybridized carbons (Fsp3) is 0.462. The van der Waals surface area contributed by atoms with Gasteiger partial charge in [-0.1, -0.05) is 5.16 Å². The number of anilines is 1. The van der Waals surface area contributed by atoms with E-state index in [1.807, 2.05) is 0 Å². The number of carbonyl (C=O) groups is 3. The Morgan fingerprint density at radius 1 is 1.48 bits per heavy atom. The van der Waals surface area contributed by atoms with Gasteiger partial charge in [-0.3, -0.25) is 18.9 Å². The van der Waals surface area contributed by atoms with Crippen LogP contribution in [0, 0.1) is 0 Å². The van der Waals surface area contributed by atoms with Crippen LogP contribution >= 0.6 is 11.3 Å². The summed E-state index contributed by atoms with van der Waals surface area (Å²) in [7, 11) is -3.75. The molecule has 1 fully saturated rings. The zero-order chi connectivity index (χ0) is 21.8. The minimum Gasteiger partial charge on any atom is -0.398 e. The highest BCUT2D eigenvalue weighted by atomic mass is 32.2. The zero-order valence-corrected chi connectivity index (χ0v) is 16.7. The Balaban J connectivity index is 2.21. The van der Waals surface area contributed by atoms with E-state index in [4.69, 9.17) is 11.5 Å². The van der Waals surface area contributed by atoms with Crippen molar-refractivity contribution < 1.29 is 32.2 Å². The second-order valence-corrected chi connectivity index (χ2v) is 7.85. The number of carbonyl (C=O) groups excluding carboxylic acids is 3. The van der Waals surface area contributed by atoms with Crippen LogP contribution in [0.25, 0.3) is 0 Å². The highest BCUT2D eigenvalue weighted by molar-refractivity contribution is 7.84. The fourth-order valence-corrected chi connectivity index (χ4v) is 3.96. The van der Waals surface area contributed by atoms with Crippen molar-refractivity contribution in [3.8, 4) is 0 Å². The maximum atomic E-state index is 12.6. The van der Waals surface area contributed by atoms with Crippen LogP contribution in [0.1, 0.15) is 12.1 Å².